The van der Waals surface area contributed by atoms with E-state index in [1.165, 1.54) is 17.4 Å². The average Bonchev–Trinajstić information content (AvgIpc) is 3.45. The first kappa shape index (κ1) is 23.7. The number of aryl methyl sites for hydroxylation is 1. The Morgan fingerprint density at radius 3 is 2.79 bits per heavy atom. The number of ether oxygens (including phenoxy) is 1. The summed E-state index contributed by atoms with van der Waals surface area (Å²) < 4.78 is 7.51. The van der Waals surface area contributed by atoms with Crippen molar-refractivity contribution in [2.24, 2.45) is 4.99 Å². The largest absolute Gasteiger partial charge is 0.376 e. The molecule has 4 rings (SSSR count). The lowest BCUT2D eigenvalue weighted by molar-refractivity contribution is 0.0857. The molecule has 0 saturated carbocycles. The lowest BCUT2D eigenvalue weighted by atomic mass is 10.1. The second kappa shape index (κ2) is 10.7. The number of amides is 2. The van der Waals surface area contributed by atoms with E-state index >= 15 is 0 Å². The Morgan fingerprint density at radius 2 is 2.03 bits per heavy atom. The van der Waals surface area contributed by atoms with Gasteiger partial charge >= 0.3 is 0 Å². The molecule has 2 amide bonds. The number of nitrogens with zero attached hydrogens (tertiary/aromatic N) is 2. The molecule has 2 heterocycles. The molecule has 172 valence electrons. The number of halogens is 2. The molecule has 0 spiro atoms. The van der Waals surface area contributed by atoms with E-state index in [1.807, 2.05) is 35.1 Å². The van der Waals surface area contributed by atoms with E-state index in [0.717, 1.165) is 30.7 Å². The Balaban J connectivity index is 1.51. The maximum atomic E-state index is 12.7. The first-order valence-electron chi connectivity index (χ1n) is 10.6. The summed E-state index contributed by atoms with van der Waals surface area (Å²) in [5.74, 6) is -0.523. The van der Waals surface area contributed by atoms with Crippen LogP contribution in [0.15, 0.2) is 52.8 Å². The molecule has 3 aromatic rings. The molecular weight excluding hydrogens is 481 g/mol. The Hall–Kier alpha value is -2.45. The van der Waals surface area contributed by atoms with Crippen molar-refractivity contribution in [3.05, 3.63) is 85.1 Å². The minimum atomic E-state index is -0.397. The molecule has 1 fully saturated rings. The normalized spacial score (nSPS) is 16.2. The van der Waals surface area contributed by atoms with Crippen LogP contribution in [0.4, 0.5) is 0 Å². The van der Waals surface area contributed by atoms with E-state index in [4.69, 9.17) is 27.9 Å². The van der Waals surface area contributed by atoms with Gasteiger partial charge in [-0.25, -0.2) is 0 Å². The number of rotatable bonds is 6. The first-order valence-corrected chi connectivity index (χ1v) is 12.2. The number of aromatic nitrogens is 1. The van der Waals surface area contributed by atoms with E-state index in [2.05, 4.69) is 10.3 Å². The summed E-state index contributed by atoms with van der Waals surface area (Å²) in [6.07, 6.45) is 2.11. The molecule has 9 heteroatoms. The van der Waals surface area contributed by atoms with Gasteiger partial charge in [0, 0.05) is 35.4 Å². The van der Waals surface area contributed by atoms with Crippen LogP contribution in [0, 0.1) is 6.92 Å². The number of carbonyl (C=O) groups is 2. The van der Waals surface area contributed by atoms with Crippen LogP contribution < -0.4 is 10.1 Å². The average molecular weight is 504 g/mol. The molecule has 1 N–H and O–H groups in total. The van der Waals surface area contributed by atoms with Crippen molar-refractivity contribution in [1.82, 2.24) is 9.88 Å². The summed E-state index contributed by atoms with van der Waals surface area (Å²) in [6, 6.07) is 12.2. The number of thiazole rings is 1. The molecule has 0 radical (unpaired) electrons. The maximum Gasteiger partial charge on any atom is 0.279 e. The predicted octanol–water partition coefficient (Wildman–Crippen LogP) is 4.86. The van der Waals surface area contributed by atoms with Gasteiger partial charge in [0.05, 0.1) is 22.7 Å². The van der Waals surface area contributed by atoms with Gasteiger partial charge in [-0.3, -0.25) is 9.59 Å². The standard InChI is InChI=1S/C24H23Cl2N3O3S/c1-15-14-33-24(28-23(31)18-7-8-20(25)21(26)11-18)29(15)13-16-4-2-5-17(10-16)22(30)27-12-19-6-3-9-32-19/h2,4-5,7-8,10-11,14,19H,3,6,9,12-13H2,1H3,(H,27,30)/t19-/m1/s1. The predicted molar refractivity (Wildman–Crippen MR) is 130 cm³/mol. The summed E-state index contributed by atoms with van der Waals surface area (Å²) in [4.78, 5) is 30.1. The number of nitrogens with one attached hydrogen (secondary N) is 1. The molecule has 0 unspecified atom stereocenters. The molecule has 2 aromatic carbocycles. The van der Waals surface area contributed by atoms with Crippen molar-refractivity contribution in [2.45, 2.75) is 32.4 Å². The zero-order chi connectivity index (χ0) is 23.4. The van der Waals surface area contributed by atoms with Gasteiger partial charge in [-0.2, -0.15) is 4.99 Å². The van der Waals surface area contributed by atoms with Crippen molar-refractivity contribution in [2.75, 3.05) is 13.2 Å². The SMILES string of the molecule is Cc1csc(=NC(=O)c2ccc(Cl)c(Cl)c2)n1Cc1cccc(C(=O)NC[C@H]2CCCO2)c1. The molecule has 0 bridgehead atoms. The van der Waals surface area contributed by atoms with Gasteiger partial charge < -0.3 is 14.6 Å². The van der Waals surface area contributed by atoms with E-state index < -0.39 is 5.91 Å². The second-order valence-corrected chi connectivity index (χ2v) is 9.49. The van der Waals surface area contributed by atoms with Crippen molar-refractivity contribution in [3.8, 4) is 0 Å². The second-order valence-electron chi connectivity index (χ2n) is 7.84. The number of benzene rings is 2. The van der Waals surface area contributed by atoms with Crippen LogP contribution in [0.3, 0.4) is 0 Å². The van der Waals surface area contributed by atoms with Crippen molar-refractivity contribution in [3.63, 3.8) is 0 Å². The van der Waals surface area contributed by atoms with Crippen LogP contribution in [0.2, 0.25) is 10.0 Å². The molecule has 6 nitrogen and oxygen atoms in total. The number of hydrogen-bond donors (Lipinski definition) is 1. The van der Waals surface area contributed by atoms with Crippen molar-refractivity contribution >= 4 is 46.4 Å². The van der Waals surface area contributed by atoms with E-state index in [1.54, 1.807) is 18.2 Å². The Kier molecular flexibility index (Phi) is 7.65. The van der Waals surface area contributed by atoms with Crippen molar-refractivity contribution < 1.29 is 14.3 Å². The van der Waals surface area contributed by atoms with Gasteiger partial charge in [-0.05, 0) is 55.7 Å². The highest BCUT2D eigenvalue weighted by molar-refractivity contribution is 7.07. The minimum Gasteiger partial charge on any atom is -0.376 e. The van der Waals surface area contributed by atoms with Crippen LogP contribution in [-0.2, 0) is 11.3 Å². The smallest absolute Gasteiger partial charge is 0.279 e. The third-order valence-electron chi connectivity index (χ3n) is 5.40. The Morgan fingerprint density at radius 1 is 1.18 bits per heavy atom. The quantitative estimate of drug-likeness (QED) is 0.521. The molecular formula is C24H23Cl2N3O3S. The highest BCUT2D eigenvalue weighted by atomic mass is 35.5. The third kappa shape index (κ3) is 5.92. The van der Waals surface area contributed by atoms with Gasteiger partial charge in [0.2, 0.25) is 0 Å². The summed E-state index contributed by atoms with van der Waals surface area (Å²) in [7, 11) is 0. The van der Waals surface area contributed by atoms with Gasteiger partial charge in [0.1, 0.15) is 0 Å². The van der Waals surface area contributed by atoms with Crippen molar-refractivity contribution in [1.29, 1.82) is 0 Å². The first-order chi connectivity index (χ1) is 15.9. The van der Waals surface area contributed by atoms with E-state index in [0.29, 0.717) is 39.1 Å². The summed E-state index contributed by atoms with van der Waals surface area (Å²) in [5.41, 5.74) is 2.86. The molecule has 1 aliphatic rings. The zero-order valence-corrected chi connectivity index (χ0v) is 20.3. The topological polar surface area (TPSA) is 72.7 Å². The van der Waals surface area contributed by atoms with Crippen LogP contribution in [0.25, 0.3) is 0 Å². The summed E-state index contributed by atoms with van der Waals surface area (Å²) >= 11 is 13.4. The Bertz CT molecular complexity index is 1250. The number of carbonyl (C=O) groups excluding carboxylic acids is 2. The lowest BCUT2D eigenvalue weighted by Gasteiger charge is -2.12. The maximum absolute atomic E-state index is 12.7. The van der Waals surface area contributed by atoms with Gasteiger partial charge in [0.25, 0.3) is 11.8 Å². The lowest BCUT2D eigenvalue weighted by Crippen LogP contribution is -2.31. The van der Waals surface area contributed by atoms with E-state index in [-0.39, 0.29) is 12.0 Å². The monoisotopic (exact) mass is 503 g/mol. The number of hydrogen-bond acceptors (Lipinski definition) is 4. The Labute approximate surface area is 205 Å². The van der Waals surface area contributed by atoms with Crippen LogP contribution >= 0.6 is 34.5 Å². The summed E-state index contributed by atoms with van der Waals surface area (Å²) in [6.45, 7) is 3.71. The highest BCUT2D eigenvalue weighted by Gasteiger charge is 2.17. The molecule has 0 aliphatic carbocycles. The molecule has 1 aliphatic heterocycles. The zero-order valence-electron chi connectivity index (χ0n) is 18.0. The fourth-order valence-electron chi connectivity index (χ4n) is 3.58. The molecule has 1 saturated heterocycles. The van der Waals surface area contributed by atoms with Crippen LogP contribution in [0.5, 0.6) is 0 Å². The van der Waals surface area contributed by atoms with Gasteiger partial charge in [-0.15, -0.1) is 11.3 Å². The molecule has 1 aromatic heterocycles. The molecule has 33 heavy (non-hydrogen) atoms. The molecule has 1 atom stereocenters. The highest BCUT2D eigenvalue weighted by Crippen LogP contribution is 2.23. The van der Waals surface area contributed by atoms with Crippen LogP contribution in [-0.4, -0.2) is 35.6 Å². The summed E-state index contributed by atoms with van der Waals surface area (Å²) in [5, 5.41) is 5.59. The fraction of sp³-hybridized carbons (Fsp3) is 0.292. The van der Waals surface area contributed by atoms with Crippen LogP contribution in [0.1, 0.15) is 44.8 Å². The van der Waals surface area contributed by atoms with Gasteiger partial charge in [0.15, 0.2) is 4.80 Å². The van der Waals surface area contributed by atoms with E-state index in [9.17, 15) is 9.59 Å². The minimum absolute atomic E-state index is 0.0957. The fourth-order valence-corrected chi connectivity index (χ4v) is 4.76. The van der Waals surface area contributed by atoms with Gasteiger partial charge in [-0.1, -0.05) is 35.3 Å². The third-order valence-corrected chi connectivity index (χ3v) is 7.12.